The average molecular weight is 832 g/mol. The first-order valence-corrected chi connectivity index (χ1v) is 22.9. The van der Waals surface area contributed by atoms with Gasteiger partial charge in [-0.15, -0.1) is 0 Å². The molecule has 1 heteroatoms. The van der Waals surface area contributed by atoms with E-state index >= 15 is 0 Å². The minimum atomic E-state index is -0.0936. The van der Waals surface area contributed by atoms with Crippen LogP contribution in [0, 0.1) is 0 Å². The smallest absolute Gasteiger partial charge is 0.0462 e. The Labute approximate surface area is 383 Å². The van der Waals surface area contributed by atoms with Crippen LogP contribution < -0.4 is 4.90 Å². The molecule has 0 aliphatic heterocycles. The summed E-state index contributed by atoms with van der Waals surface area (Å²) in [6.45, 7) is 9.44. The lowest BCUT2D eigenvalue weighted by molar-refractivity contribution is 0.660. The Balaban J connectivity index is 0.916. The van der Waals surface area contributed by atoms with Gasteiger partial charge < -0.3 is 4.90 Å². The lowest BCUT2D eigenvalue weighted by atomic mass is 9.79. The largest absolute Gasteiger partial charge is 0.311 e. The minimum absolute atomic E-state index is 0.0478. The molecule has 2 aliphatic carbocycles. The van der Waals surface area contributed by atoms with Crippen molar-refractivity contribution in [2.75, 3.05) is 4.90 Å². The standard InChI is InChI=1S/C64H49N/c1-63(2)59-24-9-7-19-55(59)57-39-32-47(41-61(57)63)43-28-35-50(36-29-43)65(51-37-30-45(31-38-51)54-22-13-23-58-56-20-8-10-25-60(56)64(3,4)62(54)58)49-33-26-42(27-34-49)46-16-11-17-48(40-46)53-21-12-15-44-14-5-6-18-52(44)53/h5-41H,1-4H3. The molecule has 2 aliphatic rings. The maximum absolute atomic E-state index is 2.41. The quantitative estimate of drug-likeness (QED) is 0.155. The molecule has 0 fully saturated rings. The molecule has 12 rings (SSSR count). The molecule has 0 aromatic heterocycles. The normalized spacial score (nSPS) is 13.8. The van der Waals surface area contributed by atoms with E-state index in [0.717, 1.165) is 17.1 Å². The van der Waals surface area contributed by atoms with Crippen LogP contribution in [0.3, 0.4) is 0 Å². The molecule has 0 saturated heterocycles. The summed E-state index contributed by atoms with van der Waals surface area (Å²) >= 11 is 0. The number of rotatable bonds is 7. The third-order valence-corrected chi connectivity index (χ3v) is 14.5. The number of benzene rings is 10. The zero-order valence-corrected chi connectivity index (χ0v) is 37.3. The molecule has 0 heterocycles. The zero-order chi connectivity index (χ0) is 43.9. The van der Waals surface area contributed by atoms with Crippen LogP contribution in [0.1, 0.15) is 49.9 Å². The van der Waals surface area contributed by atoms with Crippen molar-refractivity contribution < 1.29 is 0 Å². The van der Waals surface area contributed by atoms with Crippen molar-refractivity contribution in [3.63, 3.8) is 0 Å². The predicted octanol–water partition coefficient (Wildman–Crippen LogP) is 17.6. The van der Waals surface area contributed by atoms with Gasteiger partial charge in [-0.2, -0.15) is 0 Å². The van der Waals surface area contributed by atoms with E-state index in [4.69, 9.17) is 0 Å². The van der Waals surface area contributed by atoms with Crippen molar-refractivity contribution in [2.45, 2.75) is 38.5 Å². The van der Waals surface area contributed by atoms with Gasteiger partial charge in [0, 0.05) is 27.9 Å². The molecule has 65 heavy (non-hydrogen) atoms. The topological polar surface area (TPSA) is 3.24 Å². The van der Waals surface area contributed by atoms with Gasteiger partial charge in [-0.1, -0.05) is 204 Å². The Hall–Kier alpha value is -7.74. The second-order valence-corrected chi connectivity index (χ2v) is 18.9. The van der Waals surface area contributed by atoms with E-state index in [-0.39, 0.29) is 10.8 Å². The van der Waals surface area contributed by atoms with Crippen LogP contribution in [-0.2, 0) is 10.8 Å². The lowest BCUT2D eigenvalue weighted by Crippen LogP contribution is -2.16. The molecule has 10 aromatic rings. The van der Waals surface area contributed by atoms with Crippen molar-refractivity contribution in [1.82, 2.24) is 0 Å². The molecule has 0 saturated carbocycles. The predicted molar refractivity (Wildman–Crippen MR) is 276 cm³/mol. The van der Waals surface area contributed by atoms with Crippen molar-refractivity contribution >= 4 is 27.8 Å². The molecule has 0 unspecified atom stereocenters. The zero-order valence-electron chi connectivity index (χ0n) is 37.3. The fraction of sp³-hybridized carbons (Fsp3) is 0.0938. The average Bonchev–Trinajstić information content (AvgIpc) is 3.74. The van der Waals surface area contributed by atoms with E-state index < -0.39 is 0 Å². The number of nitrogens with zero attached hydrogens (tertiary/aromatic N) is 1. The van der Waals surface area contributed by atoms with Crippen LogP contribution in [0.25, 0.3) is 77.5 Å². The maximum atomic E-state index is 2.41. The summed E-state index contributed by atoms with van der Waals surface area (Å²) in [6, 6.07) is 83.2. The molecule has 0 spiro atoms. The number of anilines is 3. The monoisotopic (exact) mass is 831 g/mol. The summed E-state index contributed by atoms with van der Waals surface area (Å²) in [5, 5.41) is 2.52. The van der Waals surface area contributed by atoms with Crippen molar-refractivity contribution in [1.29, 1.82) is 0 Å². The first-order chi connectivity index (χ1) is 31.7. The Morgan fingerprint density at radius 3 is 1.42 bits per heavy atom. The summed E-state index contributed by atoms with van der Waals surface area (Å²) in [5.74, 6) is 0. The Kier molecular flexibility index (Phi) is 8.94. The second kappa shape index (κ2) is 14.9. The van der Waals surface area contributed by atoms with E-state index in [2.05, 4.69) is 257 Å². The molecule has 0 N–H and O–H groups in total. The molecule has 310 valence electrons. The highest BCUT2D eigenvalue weighted by molar-refractivity contribution is 5.97. The summed E-state index contributed by atoms with van der Waals surface area (Å²) in [7, 11) is 0. The van der Waals surface area contributed by atoms with Crippen LogP contribution in [0.5, 0.6) is 0 Å². The van der Waals surface area contributed by atoms with Gasteiger partial charge in [0.25, 0.3) is 0 Å². The van der Waals surface area contributed by atoms with Gasteiger partial charge in [0.05, 0.1) is 0 Å². The van der Waals surface area contributed by atoms with Crippen LogP contribution in [0.4, 0.5) is 17.1 Å². The summed E-state index contributed by atoms with van der Waals surface area (Å²) in [4.78, 5) is 2.39. The van der Waals surface area contributed by atoms with Crippen molar-refractivity contribution in [3.05, 3.63) is 247 Å². The molecule has 10 aromatic carbocycles. The number of fused-ring (bicyclic) bond motifs is 7. The molecule has 0 atom stereocenters. The highest BCUT2D eigenvalue weighted by Crippen LogP contribution is 2.53. The lowest BCUT2D eigenvalue weighted by Gasteiger charge is -2.27. The van der Waals surface area contributed by atoms with Crippen LogP contribution in [0.15, 0.2) is 224 Å². The van der Waals surface area contributed by atoms with E-state index in [0.29, 0.717) is 0 Å². The fourth-order valence-electron chi connectivity index (χ4n) is 11.2. The third kappa shape index (κ3) is 6.29. The van der Waals surface area contributed by atoms with Gasteiger partial charge in [0.15, 0.2) is 0 Å². The highest BCUT2D eigenvalue weighted by Gasteiger charge is 2.38. The third-order valence-electron chi connectivity index (χ3n) is 14.5. The highest BCUT2D eigenvalue weighted by atomic mass is 15.1. The summed E-state index contributed by atoms with van der Waals surface area (Å²) in [6.07, 6.45) is 0. The SMILES string of the molecule is CC1(C)c2ccccc2-c2ccc(-c3ccc(N(c4ccc(-c5cccc(-c6cccc7ccccc67)c5)cc4)c4ccc(-c5cccc6c5C(C)(C)c5ccccc5-6)cc4)cc3)cc21. The van der Waals surface area contributed by atoms with Gasteiger partial charge in [-0.05, 0) is 148 Å². The van der Waals surface area contributed by atoms with Gasteiger partial charge >= 0.3 is 0 Å². The van der Waals surface area contributed by atoms with E-state index in [1.54, 1.807) is 0 Å². The molecule has 0 bridgehead atoms. The second-order valence-electron chi connectivity index (χ2n) is 18.9. The van der Waals surface area contributed by atoms with Gasteiger partial charge in [-0.3, -0.25) is 0 Å². The van der Waals surface area contributed by atoms with Crippen LogP contribution in [-0.4, -0.2) is 0 Å². The van der Waals surface area contributed by atoms with Crippen LogP contribution in [0.2, 0.25) is 0 Å². The maximum Gasteiger partial charge on any atom is 0.0462 e. The van der Waals surface area contributed by atoms with Gasteiger partial charge in [0.1, 0.15) is 0 Å². The Bertz CT molecular complexity index is 3450. The van der Waals surface area contributed by atoms with E-state index in [9.17, 15) is 0 Å². The number of hydrogen-bond acceptors (Lipinski definition) is 1. The molecular formula is C64H49N. The summed E-state index contributed by atoms with van der Waals surface area (Å²) < 4.78 is 0. The van der Waals surface area contributed by atoms with E-state index in [1.807, 2.05) is 0 Å². The minimum Gasteiger partial charge on any atom is -0.311 e. The first-order valence-electron chi connectivity index (χ1n) is 22.9. The Morgan fingerprint density at radius 2 is 0.723 bits per heavy atom. The van der Waals surface area contributed by atoms with Gasteiger partial charge in [0.2, 0.25) is 0 Å². The molecule has 0 radical (unpaired) electrons. The van der Waals surface area contributed by atoms with Crippen molar-refractivity contribution in [3.8, 4) is 66.8 Å². The van der Waals surface area contributed by atoms with Crippen molar-refractivity contribution in [2.24, 2.45) is 0 Å². The molecule has 0 amide bonds. The Morgan fingerprint density at radius 1 is 0.277 bits per heavy atom. The first kappa shape index (κ1) is 38.9. The molecular weight excluding hydrogens is 783 g/mol. The van der Waals surface area contributed by atoms with Gasteiger partial charge in [-0.25, -0.2) is 0 Å². The van der Waals surface area contributed by atoms with Crippen LogP contribution >= 0.6 is 0 Å². The summed E-state index contributed by atoms with van der Waals surface area (Å²) in [5.41, 5.74) is 24.0. The molecule has 1 nitrogen and oxygen atoms in total. The fourth-order valence-corrected chi connectivity index (χ4v) is 11.2. The number of hydrogen-bond donors (Lipinski definition) is 0. The van der Waals surface area contributed by atoms with E-state index in [1.165, 1.54) is 99.8 Å².